The average molecular weight is 229 g/mol. The Morgan fingerprint density at radius 1 is 1.35 bits per heavy atom. The summed E-state index contributed by atoms with van der Waals surface area (Å²) in [6.07, 6.45) is 3.96. The minimum atomic E-state index is 0.356. The number of hydrogen-bond acceptors (Lipinski definition) is 2. The van der Waals surface area contributed by atoms with Crippen molar-refractivity contribution in [3.8, 4) is 0 Å². The molecule has 2 heterocycles. The van der Waals surface area contributed by atoms with E-state index in [-0.39, 0.29) is 0 Å². The maximum Gasteiger partial charge on any atom is 0.0648 e. The van der Waals surface area contributed by atoms with Gasteiger partial charge in [-0.25, -0.2) is 0 Å². The predicted octanol–water partition coefficient (Wildman–Crippen LogP) is 2.52. The molecule has 0 aliphatic carbocycles. The van der Waals surface area contributed by atoms with E-state index in [2.05, 4.69) is 53.1 Å². The monoisotopic (exact) mass is 229 g/mol. The number of aryl methyl sites for hydroxylation is 1. The highest BCUT2D eigenvalue weighted by Crippen LogP contribution is 2.15. The molecule has 2 aromatic heterocycles. The molecule has 2 aromatic rings. The first-order valence-corrected chi connectivity index (χ1v) is 5.95. The third-order valence-corrected chi connectivity index (χ3v) is 3.18. The topological polar surface area (TPSA) is 29.9 Å². The summed E-state index contributed by atoms with van der Waals surface area (Å²) in [6, 6.07) is 8.67. The van der Waals surface area contributed by atoms with E-state index < -0.39 is 0 Å². The van der Waals surface area contributed by atoms with E-state index in [1.165, 1.54) is 11.3 Å². The van der Waals surface area contributed by atoms with Gasteiger partial charge in [-0.15, -0.1) is 0 Å². The maximum atomic E-state index is 4.44. The summed E-state index contributed by atoms with van der Waals surface area (Å²) >= 11 is 0. The van der Waals surface area contributed by atoms with E-state index in [0.29, 0.717) is 6.04 Å². The van der Waals surface area contributed by atoms with Crippen LogP contribution in [0.3, 0.4) is 0 Å². The van der Waals surface area contributed by atoms with Crippen molar-refractivity contribution in [3.05, 3.63) is 53.6 Å². The Kier molecular flexibility index (Phi) is 3.59. The van der Waals surface area contributed by atoms with E-state index in [1.807, 2.05) is 19.3 Å². The molecule has 2 rings (SSSR count). The van der Waals surface area contributed by atoms with Gasteiger partial charge in [0.05, 0.1) is 12.2 Å². The second-order valence-electron chi connectivity index (χ2n) is 4.34. The first kappa shape index (κ1) is 11.9. The van der Waals surface area contributed by atoms with Gasteiger partial charge in [0.25, 0.3) is 0 Å². The molecule has 3 heteroatoms. The van der Waals surface area contributed by atoms with Gasteiger partial charge in [-0.1, -0.05) is 6.07 Å². The van der Waals surface area contributed by atoms with Crippen LogP contribution in [0.4, 0.5) is 0 Å². The van der Waals surface area contributed by atoms with E-state index >= 15 is 0 Å². The minimum absolute atomic E-state index is 0.356. The van der Waals surface area contributed by atoms with Crippen molar-refractivity contribution in [3.63, 3.8) is 0 Å². The van der Waals surface area contributed by atoms with Crippen LogP contribution in [0.25, 0.3) is 0 Å². The highest BCUT2D eigenvalue weighted by Gasteiger charge is 2.09. The lowest BCUT2D eigenvalue weighted by Crippen LogP contribution is -2.17. The molecule has 1 atom stereocenters. The summed E-state index contributed by atoms with van der Waals surface area (Å²) in [5.41, 5.74) is 3.66. The third kappa shape index (κ3) is 2.56. The predicted molar refractivity (Wildman–Crippen MR) is 70.0 cm³/mol. The van der Waals surface area contributed by atoms with Gasteiger partial charge in [-0.3, -0.25) is 4.98 Å². The number of rotatable bonds is 4. The lowest BCUT2D eigenvalue weighted by Gasteiger charge is -2.15. The highest BCUT2D eigenvalue weighted by molar-refractivity contribution is 5.20. The van der Waals surface area contributed by atoms with Crippen molar-refractivity contribution in [2.24, 2.45) is 0 Å². The fourth-order valence-corrected chi connectivity index (χ4v) is 1.96. The Labute approximate surface area is 103 Å². The third-order valence-electron chi connectivity index (χ3n) is 3.18. The number of nitrogens with zero attached hydrogens (tertiary/aromatic N) is 2. The Bertz CT molecular complexity index is 488. The summed E-state index contributed by atoms with van der Waals surface area (Å²) in [5, 5.41) is 3.27. The van der Waals surface area contributed by atoms with E-state index in [9.17, 15) is 0 Å². The molecule has 0 spiro atoms. The molecule has 0 radical (unpaired) electrons. The molecule has 1 unspecified atom stereocenters. The largest absolute Gasteiger partial charge is 0.344 e. The molecule has 0 fully saturated rings. The van der Waals surface area contributed by atoms with Gasteiger partial charge in [0.15, 0.2) is 0 Å². The van der Waals surface area contributed by atoms with Crippen LogP contribution >= 0.6 is 0 Å². The first-order valence-electron chi connectivity index (χ1n) is 5.95. The summed E-state index contributed by atoms with van der Waals surface area (Å²) in [7, 11) is 1.98. The number of hydrogen-bond donors (Lipinski definition) is 1. The lowest BCUT2D eigenvalue weighted by molar-refractivity contribution is 0.586. The van der Waals surface area contributed by atoms with Gasteiger partial charge in [0.2, 0.25) is 0 Å². The van der Waals surface area contributed by atoms with E-state index in [1.54, 1.807) is 0 Å². The average Bonchev–Trinajstić information content (AvgIpc) is 2.79. The molecular weight excluding hydrogens is 210 g/mol. The molecule has 90 valence electrons. The number of nitrogens with one attached hydrogen (secondary N) is 1. The number of aromatic nitrogens is 2. The summed E-state index contributed by atoms with van der Waals surface area (Å²) in [6.45, 7) is 5.10. The van der Waals surface area contributed by atoms with E-state index in [0.717, 1.165) is 12.2 Å². The quantitative estimate of drug-likeness (QED) is 0.873. The fourth-order valence-electron chi connectivity index (χ4n) is 1.96. The SMILES string of the molecule is CNC(C)c1cccn1Cc1ncccc1C. The fraction of sp³-hybridized carbons (Fsp3) is 0.357. The van der Waals surface area contributed by atoms with Crippen molar-refractivity contribution in [2.45, 2.75) is 26.4 Å². The molecule has 0 saturated carbocycles. The standard InChI is InChI=1S/C14H19N3/c1-11-6-4-8-16-13(11)10-17-9-5-7-14(17)12(2)15-3/h4-9,12,15H,10H2,1-3H3. The molecular formula is C14H19N3. The Balaban J connectivity index is 2.25. The van der Waals surface area contributed by atoms with Crippen LogP contribution < -0.4 is 5.32 Å². The Morgan fingerprint density at radius 3 is 2.88 bits per heavy atom. The van der Waals surface area contributed by atoms with Gasteiger partial charge >= 0.3 is 0 Å². The smallest absolute Gasteiger partial charge is 0.0648 e. The van der Waals surface area contributed by atoms with Crippen LogP contribution in [0, 0.1) is 6.92 Å². The Hall–Kier alpha value is -1.61. The van der Waals surface area contributed by atoms with Crippen LogP contribution in [0.1, 0.15) is 29.9 Å². The molecule has 0 saturated heterocycles. The van der Waals surface area contributed by atoms with Crippen molar-refractivity contribution < 1.29 is 0 Å². The second-order valence-corrected chi connectivity index (χ2v) is 4.34. The molecule has 3 nitrogen and oxygen atoms in total. The molecule has 0 bridgehead atoms. The van der Waals surface area contributed by atoms with Crippen LogP contribution in [-0.4, -0.2) is 16.6 Å². The summed E-state index contributed by atoms with van der Waals surface area (Å²) in [5.74, 6) is 0. The van der Waals surface area contributed by atoms with E-state index in [4.69, 9.17) is 0 Å². The minimum Gasteiger partial charge on any atom is -0.344 e. The second kappa shape index (κ2) is 5.15. The first-order chi connectivity index (χ1) is 8.22. The Morgan fingerprint density at radius 2 is 2.18 bits per heavy atom. The zero-order valence-corrected chi connectivity index (χ0v) is 10.6. The van der Waals surface area contributed by atoms with Gasteiger partial charge in [-0.05, 0) is 44.7 Å². The molecule has 17 heavy (non-hydrogen) atoms. The maximum absolute atomic E-state index is 4.44. The zero-order chi connectivity index (χ0) is 12.3. The van der Waals surface area contributed by atoms with Crippen molar-refractivity contribution in [2.75, 3.05) is 7.05 Å². The highest BCUT2D eigenvalue weighted by atomic mass is 15.0. The van der Waals surface area contributed by atoms with Crippen molar-refractivity contribution in [1.82, 2.24) is 14.9 Å². The number of pyridine rings is 1. The summed E-state index contributed by atoms with van der Waals surface area (Å²) < 4.78 is 2.25. The van der Waals surface area contributed by atoms with Crippen LogP contribution in [0.5, 0.6) is 0 Å². The zero-order valence-electron chi connectivity index (χ0n) is 10.6. The van der Waals surface area contributed by atoms with Gasteiger partial charge in [0.1, 0.15) is 0 Å². The van der Waals surface area contributed by atoms with Crippen LogP contribution in [0.15, 0.2) is 36.7 Å². The molecule has 0 aliphatic heterocycles. The lowest BCUT2D eigenvalue weighted by atomic mass is 10.2. The van der Waals surface area contributed by atoms with Gasteiger partial charge < -0.3 is 9.88 Å². The molecule has 0 amide bonds. The molecule has 1 N–H and O–H groups in total. The van der Waals surface area contributed by atoms with Gasteiger partial charge in [-0.2, -0.15) is 0 Å². The van der Waals surface area contributed by atoms with Crippen molar-refractivity contribution >= 4 is 0 Å². The normalized spacial score (nSPS) is 12.6. The van der Waals surface area contributed by atoms with Gasteiger partial charge in [0, 0.05) is 24.1 Å². The molecule has 0 aromatic carbocycles. The summed E-state index contributed by atoms with van der Waals surface area (Å²) in [4.78, 5) is 4.44. The van der Waals surface area contributed by atoms with Crippen LogP contribution in [0.2, 0.25) is 0 Å². The molecule has 0 aliphatic rings. The van der Waals surface area contributed by atoms with Crippen molar-refractivity contribution in [1.29, 1.82) is 0 Å². The van der Waals surface area contributed by atoms with Crippen LogP contribution in [-0.2, 0) is 6.54 Å².